The largest absolute Gasteiger partial charge is 0.371 e. The van der Waals surface area contributed by atoms with Crippen molar-refractivity contribution in [2.24, 2.45) is 5.92 Å². The standard InChI is InChI=1S/C15H23BrN2/c1-3-6-13(11-16)12-18-10-9-17(2)14-7-4-5-8-15(14)18/h4-5,7-8,13H,3,6,9-12H2,1-2H3. The van der Waals surface area contributed by atoms with E-state index in [1.165, 1.54) is 30.8 Å². The van der Waals surface area contributed by atoms with Crippen LogP contribution in [-0.4, -0.2) is 32.0 Å². The molecule has 1 heterocycles. The van der Waals surface area contributed by atoms with Crippen molar-refractivity contribution in [1.29, 1.82) is 0 Å². The van der Waals surface area contributed by atoms with Crippen molar-refractivity contribution < 1.29 is 0 Å². The number of halogens is 1. The van der Waals surface area contributed by atoms with E-state index in [0.717, 1.165) is 24.3 Å². The van der Waals surface area contributed by atoms with E-state index in [-0.39, 0.29) is 0 Å². The fourth-order valence-electron chi connectivity index (χ4n) is 2.69. The molecular formula is C15H23BrN2. The summed E-state index contributed by atoms with van der Waals surface area (Å²) in [7, 11) is 2.18. The second-order valence-electron chi connectivity index (χ2n) is 5.17. The molecule has 0 aromatic heterocycles. The Labute approximate surface area is 119 Å². The van der Waals surface area contributed by atoms with Gasteiger partial charge in [-0.2, -0.15) is 0 Å². The molecule has 3 heteroatoms. The van der Waals surface area contributed by atoms with Crippen molar-refractivity contribution in [2.45, 2.75) is 19.8 Å². The molecule has 100 valence electrons. The number of hydrogen-bond donors (Lipinski definition) is 0. The summed E-state index contributed by atoms with van der Waals surface area (Å²) in [5.41, 5.74) is 2.77. The highest BCUT2D eigenvalue weighted by molar-refractivity contribution is 9.09. The molecule has 0 amide bonds. The Morgan fingerprint density at radius 1 is 1.22 bits per heavy atom. The average molecular weight is 311 g/mol. The third-order valence-electron chi connectivity index (χ3n) is 3.73. The summed E-state index contributed by atoms with van der Waals surface area (Å²) < 4.78 is 0. The van der Waals surface area contributed by atoms with Crippen LogP contribution in [0.1, 0.15) is 19.8 Å². The van der Waals surface area contributed by atoms with Gasteiger partial charge in [0.25, 0.3) is 0 Å². The van der Waals surface area contributed by atoms with Gasteiger partial charge in [-0.15, -0.1) is 0 Å². The molecule has 0 N–H and O–H groups in total. The number of nitrogens with zero attached hydrogens (tertiary/aromatic N) is 2. The van der Waals surface area contributed by atoms with Gasteiger partial charge in [0.15, 0.2) is 0 Å². The molecule has 0 saturated heterocycles. The van der Waals surface area contributed by atoms with Gasteiger partial charge in [0.1, 0.15) is 0 Å². The van der Waals surface area contributed by atoms with Gasteiger partial charge in [0, 0.05) is 32.0 Å². The summed E-state index contributed by atoms with van der Waals surface area (Å²) in [6.45, 7) is 5.70. The molecular weight excluding hydrogens is 288 g/mol. The minimum absolute atomic E-state index is 0.756. The zero-order valence-electron chi connectivity index (χ0n) is 11.4. The Hall–Kier alpha value is -0.700. The number of anilines is 2. The van der Waals surface area contributed by atoms with Crippen LogP contribution in [0, 0.1) is 5.92 Å². The van der Waals surface area contributed by atoms with Crippen LogP contribution in [0.15, 0.2) is 24.3 Å². The third-order valence-corrected chi connectivity index (χ3v) is 4.65. The molecule has 18 heavy (non-hydrogen) atoms. The van der Waals surface area contributed by atoms with Crippen molar-refractivity contribution in [3.05, 3.63) is 24.3 Å². The zero-order valence-corrected chi connectivity index (χ0v) is 13.0. The predicted octanol–water partition coefficient (Wildman–Crippen LogP) is 3.75. The molecule has 0 bridgehead atoms. The lowest BCUT2D eigenvalue weighted by Crippen LogP contribution is -2.41. The molecule has 0 saturated carbocycles. The van der Waals surface area contributed by atoms with E-state index >= 15 is 0 Å². The highest BCUT2D eigenvalue weighted by Gasteiger charge is 2.21. The first kappa shape index (κ1) is 13.7. The number of para-hydroxylation sites is 2. The monoisotopic (exact) mass is 310 g/mol. The molecule has 0 radical (unpaired) electrons. The van der Waals surface area contributed by atoms with E-state index in [1.54, 1.807) is 0 Å². The van der Waals surface area contributed by atoms with Gasteiger partial charge in [-0.25, -0.2) is 0 Å². The molecule has 0 spiro atoms. The zero-order chi connectivity index (χ0) is 13.0. The van der Waals surface area contributed by atoms with Crippen molar-refractivity contribution in [3.8, 4) is 0 Å². The van der Waals surface area contributed by atoms with E-state index in [4.69, 9.17) is 0 Å². The maximum Gasteiger partial charge on any atom is 0.0604 e. The molecule has 1 aliphatic rings. The maximum atomic E-state index is 3.66. The van der Waals surface area contributed by atoms with E-state index in [1.807, 2.05) is 0 Å². The van der Waals surface area contributed by atoms with E-state index in [0.29, 0.717) is 0 Å². The molecule has 2 nitrogen and oxygen atoms in total. The highest BCUT2D eigenvalue weighted by atomic mass is 79.9. The summed E-state index contributed by atoms with van der Waals surface area (Å²) in [4.78, 5) is 4.91. The molecule has 1 unspecified atom stereocenters. The van der Waals surface area contributed by atoms with Gasteiger partial charge in [0.2, 0.25) is 0 Å². The summed E-state index contributed by atoms with van der Waals surface area (Å²) >= 11 is 3.66. The van der Waals surface area contributed by atoms with Crippen molar-refractivity contribution in [3.63, 3.8) is 0 Å². The minimum Gasteiger partial charge on any atom is -0.371 e. The Balaban J connectivity index is 2.13. The van der Waals surface area contributed by atoms with Crippen molar-refractivity contribution >= 4 is 27.3 Å². The predicted molar refractivity (Wildman–Crippen MR) is 84.1 cm³/mol. The molecule has 1 aromatic rings. The number of benzene rings is 1. The lowest BCUT2D eigenvalue weighted by atomic mass is 10.0. The van der Waals surface area contributed by atoms with Crippen molar-refractivity contribution in [1.82, 2.24) is 0 Å². The van der Waals surface area contributed by atoms with Crippen LogP contribution in [0.4, 0.5) is 11.4 Å². The van der Waals surface area contributed by atoms with Gasteiger partial charge in [0.05, 0.1) is 11.4 Å². The fraction of sp³-hybridized carbons (Fsp3) is 0.600. The third kappa shape index (κ3) is 3.00. The number of rotatable bonds is 5. The Morgan fingerprint density at radius 2 is 1.94 bits per heavy atom. The highest BCUT2D eigenvalue weighted by Crippen LogP contribution is 2.32. The maximum absolute atomic E-state index is 3.66. The Bertz CT molecular complexity index is 381. The fourth-order valence-corrected chi connectivity index (χ4v) is 3.22. The minimum atomic E-state index is 0.756. The molecule has 1 aromatic carbocycles. The first-order valence-corrected chi connectivity index (χ1v) is 7.99. The summed E-state index contributed by atoms with van der Waals surface area (Å²) in [5.74, 6) is 0.756. The molecule has 0 aliphatic carbocycles. The Morgan fingerprint density at radius 3 is 2.61 bits per heavy atom. The van der Waals surface area contributed by atoms with Crippen LogP contribution in [-0.2, 0) is 0 Å². The van der Waals surface area contributed by atoms with Crippen LogP contribution < -0.4 is 9.80 Å². The van der Waals surface area contributed by atoms with Crippen LogP contribution in [0.5, 0.6) is 0 Å². The molecule has 1 atom stereocenters. The lowest BCUT2D eigenvalue weighted by Gasteiger charge is -2.38. The van der Waals surface area contributed by atoms with Crippen LogP contribution in [0.25, 0.3) is 0 Å². The molecule has 2 rings (SSSR count). The second kappa shape index (κ2) is 6.46. The lowest BCUT2D eigenvalue weighted by molar-refractivity contribution is 0.518. The van der Waals surface area contributed by atoms with Crippen molar-refractivity contribution in [2.75, 3.05) is 41.8 Å². The van der Waals surface area contributed by atoms with Crippen LogP contribution >= 0.6 is 15.9 Å². The van der Waals surface area contributed by atoms with Crippen LogP contribution in [0.3, 0.4) is 0 Å². The number of alkyl halides is 1. The average Bonchev–Trinajstić information content (AvgIpc) is 2.41. The van der Waals surface area contributed by atoms with Gasteiger partial charge < -0.3 is 9.80 Å². The molecule has 1 aliphatic heterocycles. The first-order chi connectivity index (χ1) is 8.76. The van der Waals surface area contributed by atoms with Gasteiger partial charge in [-0.05, 0) is 24.5 Å². The molecule has 0 fully saturated rings. The first-order valence-electron chi connectivity index (χ1n) is 6.87. The smallest absolute Gasteiger partial charge is 0.0604 e. The van der Waals surface area contributed by atoms with E-state index in [9.17, 15) is 0 Å². The van der Waals surface area contributed by atoms with Gasteiger partial charge in [-0.3, -0.25) is 0 Å². The summed E-state index contributed by atoms with van der Waals surface area (Å²) in [6.07, 6.45) is 2.57. The number of likely N-dealkylation sites (N-methyl/N-ethyl adjacent to an activating group) is 1. The Kier molecular flexibility index (Phi) is 4.93. The normalized spacial score (nSPS) is 16.6. The number of hydrogen-bond acceptors (Lipinski definition) is 2. The van der Waals surface area contributed by atoms with E-state index in [2.05, 4.69) is 64.0 Å². The quantitative estimate of drug-likeness (QED) is 0.764. The van der Waals surface area contributed by atoms with E-state index < -0.39 is 0 Å². The summed E-state index contributed by atoms with van der Waals surface area (Å²) in [5, 5.41) is 1.11. The van der Waals surface area contributed by atoms with Gasteiger partial charge >= 0.3 is 0 Å². The topological polar surface area (TPSA) is 6.48 Å². The van der Waals surface area contributed by atoms with Crippen LogP contribution in [0.2, 0.25) is 0 Å². The summed E-state index contributed by atoms with van der Waals surface area (Å²) in [6, 6.07) is 8.76. The second-order valence-corrected chi connectivity index (χ2v) is 5.81. The van der Waals surface area contributed by atoms with Gasteiger partial charge in [-0.1, -0.05) is 41.4 Å². The SMILES string of the molecule is CCCC(CBr)CN1CCN(C)c2ccccc21. The number of fused-ring (bicyclic) bond motifs is 1.